The van der Waals surface area contributed by atoms with E-state index in [1.54, 1.807) is 17.0 Å². The topological polar surface area (TPSA) is 44.8 Å². The molecule has 0 spiro atoms. The maximum Gasteiger partial charge on any atom is 0.573 e. The fourth-order valence-electron chi connectivity index (χ4n) is 4.87. The van der Waals surface area contributed by atoms with Crippen molar-refractivity contribution in [3.63, 3.8) is 0 Å². The number of piperidine rings is 1. The normalized spacial score (nSPS) is 19.8. The third kappa shape index (κ3) is 6.96. The Morgan fingerprint density at radius 3 is 2.35 bits per heavy atom. The van der Waals surface area contributed by atoms with Crippen LogP contribution in [-0.4, -0.2) is 49.9 Å². The van der Waals surface area contributed by atoms with E-state index in [4.69, 9.17) is 0 Å². The van der Waals surface area contributed by atoms with Gasteiger partial charge in [-0.3, -0.25) is 9.69 Å². The van der Waals surface area contributed by atoms with Gasteiger partial charge in [-0.25, -0.2) is 0 Å². The van der Waals surface area contributed by atoms with Gasteiger partial charge in [0.15, 0.2) is 0 Å². The minimum atomic E-state index is -4.73. The molecule has 0 saturated carbocycles. The zero-order chi connectivity index (χ0) is 24.0. The van der Waals surface area contributed by atoms with E-state index in [2.05, 4.69) is 39.2 Å². The fraction of sp³-hybridized carbons (Fsp3) is 0.500. The second-order valence-corrected chi connectivity index (χ2v) is 9.22. The van der Waals surface area contributed by atoms with Gasteiger partial charge >= 0.3 is 6.36 Å². The molecule has 0 bridgehead atoms. The number of nitrogens with zero attached hydrogens (tertiary/aromatic N) is 2. The Bertz CT molecular complexity index is 907. The van der Waals surface area contributed by atoms with Gasteiger partial charge in [0.1, 0.15) is 5.75 Å². The summed E-state index contributed by atoms with van der Waals surface area (Å²) in [4.78, 5) is 17.5. The number of ether oxygens (including phenoxy) is 1. The summed E-state index contributed by atoms with van der Waals surface area (Å²) in [7, 11) is 0. The number of hydrogen-bond donors (Lipinski definition) is 1. The summed E-state index contributed by atoms with van der Waals surface area (Å²) >= 11 is 0. The van der Waals surface area contributed by atoms with Crippen molar-refractivity contribution in [2.45, 2.75) is 38.6 Å². The van der Waals surface area contributed by atoms with Crippen molar-refractivity contribution < 1.29 is 22.7 Å². The third-order valence-electron chi connectivity index (χ3n) is 6.77. The number of rotatable bonds is 8. The first-order valence-electron chi connectivity index (χ1n) is 12.0. The van der Waals surface area contributed by atoms with Crippen molar-refractivity contribution in [2.24, 2.45) is 11.8 Å². The maximum atomic E-state index is 13.3. The maximum absolute atomic E-state index is 13.3. The summed E-state index contributed by atoms with van der Waals surface area (Å²) in [5, 5.41) is 3.23. The van der Waals surface area contributed by atoms with E-state index in [0.717, 1.165) is 51.9 Å². The van der Waals surface area contributed by atoms with Gasteiger partial charge in [0.25, 0.3) is 0 Å². The molecule has 0 aliphatic carbocycles. The molecule has 0 unspecified atom stereocenters. The molecule has 1 amide bonds. The lowest BCUT2D eigenvalue weighted by molar-refractivity contribution is -0.274. The predicted molar refractivity (Wildman–Crippen MR) is 126 cm³/mol. The second kappa shape index (κ2) is 11.2. The van der Waals surface area contributed by atoms with Gasteiger partial charge in [0.2, 0.25) is 5.91 Å². The molecular weight excluding hydrogens is 443 g/mol. The van der Waals surface area contributed by atoms with E-state index < -0.39 is 6.36 Å². The molecule has 2 aromatic carbocycles. The van der Waals surface area contributed by atoms with E-state index in [1.165, 1.54) is 17.7 Å². The Balaban J connectivity index is 1.35. The van der Waals surface area contributed by atoms with Crippen LogP contribution in [0.15, 0.2) is 54.6 Å². The first-order valence-corrected chi connectivity index (χ1v) is 12.0. The van der Waals surface area contributed by atoms with Gasteiger partial charge in [-0.15, -0.1) is 13.2 Å². The standard InChI is InChI=1S/C26H32F3N3O2/c27-26(28,29)34-24-8-6-23(7-9-24)32(25(33)22-10-14-30-18-22)17-13-20-11-15-31(16-12-20)19-21-4-2-1-3-5-21/h1-9,20,22,30H,10-19H2/t22-/m1/s1. The van der Waals surface area contributed by atoms with Crippen LogP contribution in [0.5, 0.6) is 5.75 Å². The van der Waals surface area contributed by atoms with E-state index >= 15 is 0 Å². The van der Waals surface area contributed by atoms with Crippen LogP contribution in [0.2, 0.25) is 0 Å². The monoisotopic (exact) mass is 475 g/mol. The molecular formula is C26H32F3N3O2. The lowest BCUT2D eigenvalue weighted by Gasteiger charge is -2.33. The van der Waals surface area contributed by atoms with Crippen molar-refractivity contribution in [3.8, 4) is 5.75 Å². The molecule has 1 N–H and O–H groups in total. The lowest BCUT2D eigenvalue weighted by Crippen LogP contribution is -2.40. The smallest absolute Gasteiger partial charge is 0.406 e. The number of carbonyl (C=O) groups excluding carboxylic acids is 1. The zero-order valence-corrected chi connectivity index (χ0v) is 19.3. The molecule has 0 aromatic heterocycles. The molecule has 2 heterocycles. The number of alkyl halides is 3. The van der Waals surface area contributed by atoms with Crippen LogP contribution < -0.4 is 15.0 Å². The van der Waals surface area contributed by atoms with Gasteiger partial charge in [-0.1, -0.05) is 30.3 Å². The minimum absolute atomic E-state index is 0.0380. The van der Waals surface area contributed by atoms with Crippen LogP contribution in [0.4, 0.5) is 18.9 Å². The largest absolute Gasteiger partial charge is 0.573 e. The van der Waals surface area contributed by atoms with Gasteiger partial charge in [0.05, 0.1) is 5.92 Å². The SMILES string of the molecule is O=C([C@@H]1CCNC1)N(CCC1CCN(Cc2ccccc2)CC1)c1ccc(OC(F)(F)F)cc1. The molecule has 0 radical (unpaired) electrons. The highest BCUT2D eigenvalue weighted by Gasteiger charge is 2.32. The van der Waals surface area contributed by atoms with Crippen molar-refractivity contribution >= 4 is 11.6 Å². The van der Waals surface area contributed by atoms with Crippen LogP contribution in [0, 0.1) is 11.8 Å². The molecule has 4 rings (SSSR count). The van der Waals surface area contributed by atoms with Crippen molar-refractivity contribution in [1.82, 2.24) is 10.2 Å². The van der Waals surface area contributed by atoms with Crippen LogP contribution in [0.1, 0.15) is 31.2 Å². The molecule has 5 nitrogen and oxygen atoms in total. The molecule has 2 aliphatic rings. The van der Waals surface area contributed by atoms with E-state index in [1.807, 2.05) is 6.07 Å². The Morgan fingerprint density at radius 1 is 1.03 bits per heavy atom. The second-order valence-electron chi connectivity index (χ2n) is 9.22. The van der Waals surface area contributed by atoms with Crippen molar-refractivity contribution in [2.75, 3.05) is 37.6 Å². The number of carbonyl (C=O) groups is 1. The summed E-state index contributed by atoms with van der Waals surface area (Å²) in [6, 6.07) is 16.1. The highest BCUT2D eigenvalue weighted by atomic mass is 19.4. The van der Waals surface area contributed by atoms with Crippen LogP contribution in [-0.2, 0) is 11.3 Å². The minimum Gasteiger partial charge on any atom is -0.406 e. The van der Waals surface area contributed by atoms with E-state index in [0.29, 0.717) is 24.7 Å². The number of likely N-dealkylation sites (tertiary alicyclic amines) is 1. The molecule has 2 saturated heterocycles. The highest BCUT2D eigenvalue weighted by Crippen LogP contribution is 2.28. The fourth-order valence-corrected chi connectivity index (χ4v) is 4.87. The molecule has 8 heteroatoms. The third-order valence-corrected chi connectivity index (χ3v) is 6.77. The highest BCUT2D eigenvalue weighted by molar-refractivity contribution is 5.95. The van der Waals surface area contributed by atoms with E-state index in [-0.39, 0.29) is 17.6 Å². The zero-order valence-electron chi connectivity index (χ0n) is 19.3. The first kappa shape index (κ1) is 24.5. The average molecular weight is 476 g/mol. The molecule has 2 fully saturated rings. The van der Waals surface area contributed by atoms with Gasteiger partial charge in [-0.2, -0.15) is 0 Å². The number of nitrogens with one attached hydrogen (secondary N) is 1. The Hall–Kier alpha value is -2.58. The summed E-state index contributed by atoms with van der Waals surface area (Å²) in [6.45, 7) is 5.04. The Labute approximate surface area is 198 Å². The molecule has 1 atom stereocenters. The van der Waals surface area contributed by atoms with Crippen LogP contribution in [0.3, 0.4) is 0 Å². The van der Waals surface area contributed by atoms with Gasteiger partial charge < -0.3 is 15.0 Å². The number of benzene rings is 2. The number of amides is 1. The average Bonchev–Trinajstić information content (AvgIpc) is 3.36. The molecule has 2 aromatic rings. The molecule has 2 aliphatic heterocycles. The van der Waals surface area contributed by atoms with Gasteiger partial charge in [0, 0.05) is 25.3 Å². The van der Waals surface area contributed by atoms with E-state index in [9.17, 15) is 18.0 Å². The Morgan fingerprint density at radius 2 is 1.74 bits per heavy atom. The summed E-state index contributed by atoms with van der Waals surface area (Å²) in [5.74, 6) is 0.184. The van der Waals surface area contributed by atoms with Crippen LogP contribution >= 0.6 is 0 Å². The summed E-state index contributed by atoms with van der Waals surface area (Å²) < 4.78 is 41.5. The molecule has 34 heavy (non-hydrogen) atoms. The quantitative estimate of drug-likeness (QED) is 0.594. The van der Waals surface area contributed by atoms with Crippen LogP contribution in [0.25, 0.3) is 0 Å². The summed E-state index contributed by atoms with van der Waals surface area (Å²) in [6.07, 6.45) is -0.910. The number of anilines is 1. The van der Waals surface area contributed by atoms with Crippen molar-refractivity contribution in [3.05, 3.63) is 60.2 Å². The summed E-state index contributed by atoms with van der Waals surface area (Å²) in [5.41, 5.74) is 1.94. The number of halogens is 3. The lowest BCUT2D eigenvalue weighted by atomic mass is 9.92. The van der Waals surface area contributed by atoms with Gasteiger partial charge in [-0.05, 0) is 81.1 Å². The predicted octanol–water partition coefficient (Wildman–Crippen LogP) is 4.83. The first-order chi connectivity index (χ1) is 16.4. The number of hydrogen-bond acceptors (Lipinski definition) is 4. The van der Waals surface area contributed by atoms with Crippen molar-refractivity contribution in [1.29, 1.82) is 0 Å². The molecule has 184 valence electrons. The Kier molecular flexibility index (Phi) is 8.11.